The quantitative estimate of drug-likeness (QED) is 0.644. The number of hydrogen-bond donors (Lipinski definition) is 1. The molecular formula is C23H25ClN2O2. The van der Waals surface area contributed by atoms with Gasteiger partial charge in [0.05, 0.1) is 12.6 Å². The molecule has 0 saturated carbocycles. The van der Waals surface area contributed by atoms with E-state index in [1.165, 1.54) is 0 Å². The predicted octanol–water partition coefficient (Wildman–Crippen LogP) is 5.40. The molecule has 28 heavy (non-hydrogen) atoms. The first kappa shape index (κ1) is 18.9. The van der Waals surface area contributed by atoms with E-state index in [2.05, 4.69) is 31.8 Å². The molecule has 4 nitrogen and oxygen atoms in total. The number of carbonyl (C=O) groups excluding carboxylic acids is 1. The molecule has 1 aliphatic heterocycles. The number of benzene rings is 2. The molecule has 0 fully saturated rings. The van der Waals surface area contributed by atoms with E-state index in [-0.39, 0.29) is 11.8 Å². The summed E-state index contributed by atoms with van der Waals surface area (Å²) in [7, 11) is 1.64. The molecular weight excluding hydrogens is 372 g/mol. The summed E-state index contributed by atoms with van der Waals surface area (Å²) in [6.07, 6.45) is 0.757. The zero-order chi connectivity index (χ0) is 20.1. The molecule has 2 aromatic carbocycles. The first-order chi connectivity index (χ1) is 13.4. The lowest BCUT2D eigenvalue weighted by Crippen LogP contribution is -2.54. The normalized spacial score (nSPS) is 19.1. The molecule has 4 rings (SSSR count). The molecule has 1 atom stereocenters. The lowest BCUT2D eigenvalue weighted by Gasteiger charge is -2.49. The maximum absolute atomic E-state index is 13.6. The van der Waals surface area contributed by atoms with E-state index < -0.39 is 5.54 Å². The Balaban J connectivity index is 1.81. The van der Waals surface area contributed by atoms with Gasteiger partial charge in [-0.05, 0) is 54.7 Å². The number of nitrogens with zero attached hydrogens (tertiary/aromatic N) is 1. The molecule has 0 spiro atoms. The van der Waals surface area contributed by atoms with Crippen molar-refractivity contribution in [1.82, 2.24) is 9.88 Å². The molecule has 1 N–H and O–H groups in total. The van der Waals surface area contributed by atoms with Crippen molar-refractivity contribution in [3.63, 3.8) is 0 Å². The smallest absolute Gasteiger partial charge is 0.271 e. The molecule has 146 valence electrons. The number of amides is 1. The SMILES string of the molecule is COc1cccc2[nH]c(C(=O)N3CCc4c(Cl)cccc4C3(C)C(C)C)cc12. The van der Waals surface area contributed by atoms with Crippen LogP contribution in [0, 0.1) is 5.92 Å². The van der Waals surface area contributed by atoms with Crippen LogP contribution in [-0.2, 0) is 12.0 Å². The van der Waals surface area contributed by atoms with Gasteiger partial charge in [0.15, 0.2) is 0 Å². The molecule has 1 amide bonds. The van der Waals surface area contributed by atoms with E-state index >= 15 is 0 Å². The minimum absolute atomic E-state index is 0.0000728. The molecule has 0 saturated heterocycles. The van der Waals surface area contributed by atoms with E-state index in [1.54, 1.807) is 7.11 Å². The van der Waals surface area contributed by atoms with Crippen molar-refractivity contribution in [2.24, 2.45) is 5.92 Å². The summed E-state index contributed by atoms with van der Waals surface area (Å²) in [6.45, 7) is 7.10. The van der Waals surface area contributed by atoms with Gasteiger partial charge in [0.1, 0.15) is 11.4 Å². The summed E-state index contributed by atoms with van der Waals surface area (Å²) >= 11 is 6.48. The van der Waals surface area contributed by atoms with Crippen molar-refractivity contribution in [3.05, 3.63) is 64.3 Å². The predicted molar refractivity (Wildman–Crippen MR) is 113 cm³/mol. The zero-order valence-electron chi connectivity index (χ0n) is 16.7. The fraction of sp³-hybridized carbons (Fsp3) is 0.348. The van der Waals surface area contributed by atoms with Gasteiger partial charge in [0.2, 0.25) is 0 Å². The van der Waals surface area contributed by atoms with Gasteiger partial charge in [-0.1, -0.05) is 43.6 Å². The van der Waals surface area contributed by atoms with Gasteiger partial charge in [-0.2, -0.15) is 0 Å². The molecule has 1 aliphatic rings. The maximum Gasteiger partial charge on any atom is 0.271 e. The minimum Gasteiger partial charge on any atom is -0.496 e. The van der Waals surface area contributed by atoms with Gasteiger partial charge >= 0.3 is 0 Å². The van der Waals surface area contributed by atoms with Crippen molar-refractivity contribution in [1.29, 1.82) is 0 Å². The average Bonchev–Trinajstić information content (AvgIpc) is 3.12. The minimum atomic E-state index is -0.434. The van der Waals surface area contributed by atoms with Crippen LogP contribution in [-0.4, -0.2) is 29.4 Å². The Morgan fingerprint density at radius 3 is 2.71 bits per heavy atom. The Kier molecular flexibility index (Phi) is 4.62. The van der Waals surface area contributed by atoms with Crippen molar-refractivity contribution < 1.29 is 9.53 Å². The second-order valence-electron chi connectivity index (χ2n) is 7.88. The Bertz CT molecular complexity index is 1060. The van der Waals surface area contributed by atoms with Crippen LogP contribution in [0.2, 0.25) is 5.02 Å². The highest BCUT2D eigenvalue weighted by molar-refractivity contribution is 6.31. The number of H-pyrrole nitrogens is 1. The molecule has 1 aromatic heterocycles. The van der Waals surface area contributed by atoms with Crippen LogP contribution >= 0.6 is 11.6 Å². The van der Waals surface area contributed by atoms with E-state index in [0.29, 0.717) is 12.2 Å². The van der Waals surface area contributed by atoms with Gasteiger partial charge in [-0.3, -0.25) is 4.79 Å². The third-order valence-electron chi connectivity index (χ3n) is 6.25. The lowest BCUT2D eigenvalue weighted by atomic mass is 9.74. The number of methoxy groups -OCH3 is 1. The molecule has 0 bridgehead atoms. The number of carbonyl (C=O) groups is 1. The van der Waals surface area contributed by atoms with Crippen molar-refractivity contribution in [2.45, 2.75) is 32.7 Å². The molecule has 0 radical (unpaired) electrons. The van der Waals surface area contributed by atoms with Crippen LogP contribution in [0.1, 0.15) is 42.4 Å². The maximum atomic E-state index is 13.6. The van der Waals surface area contributed by atoms with Crippen LogP contribution in [0.15, 0.2) is 42.5 Å². The summed E-state index contributed by atoms with van der Waals surface area (Å²) in [5, 5.41) is 1.70. The summed E-state index contributed by atoms with van der Waals surface area (Å²) in [5.41, 5.74) is 3.34. The number of ether oxygens (including phenoxy) is 1. The Morgan fingerprint density at radius 1 is 1.25 bits per heavy atom. The second-order valence-corrected chi connectivity index (χ2v) is 8.29. The zero-order valence-corrected chi connectivity index (χ0v) is 17.4. The summed E-state index contributed by atoms with van der Waals surface area (Å²) in [6, 6.07) is 13.7. The van der Waals surface area contributed by atoms with Gasteiger partial charge in [0, 0.05) is 22.5 Å². The monoisotopic (exact) mass is 396 g/mol. The average molecular weight is 397 g/mol. The van der Waals surface area contributed by atoms with Crippen LogP contribution < -0.4 is 4.74 Å². The van der Waals surface area contributed by atoms with Gasteiger partial charge in [-0.15, -0.1) is 0 Å². The molecule has 5 heteroatoms. The van der Waals surface area contributed by atoms with Crippen LogP contribution in [0.4, 0.5) is 0 Å². The first-order valence-electron chi connectivity index (χ1n) is 9.63. The van der Waals surface area contributed by atoms with E-state index in [9.17, 15) is 4.79 Å². The topological polar surface area (TPSA) is 45.3 Å². The van der Waals surface area contributed by atoms with Crippen molar-refractivity contribution in [3.8, 4) is 5.75 Å². The Morgan fingerprint density at radius 2 is 2.00 bits per heavy atom. The van der Waals surface area contributed by atoms with Gasteiger partial charge in [0.25, 0.3) is 5.91 Å². The fourth-order valence-corrected chi connectivity index (χ4v) is 4.66. The van der Waals surface area contributed by atoms with Gasteiger partial charge < -0.3 is 14.6 Å². The molecule has 0 aliphatic carbocycles. The summed E-state index contributed by atoms with van der Waals surface area (Å²) in [4.78, 5) is 18.9. The van der Waals surface area contributed by atoms with Crippen molar-refractivity contribution in [2.75, 3.05) is 13.7 Å². The Hall–Kier alpha value is -2.46. The number of hydrogen-bond acceptors (Lipinski definition) is 2. The number of rotatable bonds is 3. The summed E-state index contributed by atoms with van der Waals surface area (Å²) < 4.78 is 5.45. The number of fused-ring (bicyclic) bond motifs is 2. The largest absolute Gasteiger partial charge is 0.496 e. The number of halogens is 1. The Labute approximate surface area is 170 Å². The second kappa shape index (κ2) is 6.85. The molecule has 2 heterocycles. The highest BCUT2D eigenvalue weighted by Gasteiger charge is 2.44. The van der Waals surface area contributed by atoms with Crippen LogP contribution in [0.5, 0.6) is 5.75 Å². The van der Waals surface area contributed by atoms with Crippen LogP contribution in [0.25, 0.3) is 10.9 Å². The third-order valence-corrected chi connectivity index (χ3v) is 6.61. The fourth-order valence-electron chi connectivity index (χ4n) is 4.39. The van der Waals surface area contributed by atoms with Gasteiger partial charge in [-0.25, -0.2) is 0 Å². The summed E-state index contributed by atoms with van der Waals surface area (Å²) in [5.74, 6) is 0.989. The highest BCUT2D eigenvalue weighted by atomic mass is 35.5. The lowest BCUT2D eigenvalue weighted by molar-refractivity contribution is 0.0306. The first-order valence-corrected chi connectivity index (χ1v) is 10.0. The standard InChI is InChI=1S/C23H25ClN2O2/c1-14(2)23(3)17-7-5-8-18(24)15(17)11-12-26(23)22(27)20-13-16-19(25-20)9-6-10-21(16)28-4/h5-10,13-14,25H,11-12H2,1-4H3. The van der Waals surface area contributed by atoms with E-state index in [0.717, 1.165) is 39.2 Å². The number of aromatic amines is 1. The molecule has 1 unspecified atom stereocenters. The van der Waals surface area contributed by atoms with E-state index in [4.69, 9.17) is 16.3 Å². The van der Waals surface area contributed by atoms with Crippen molar-refractivity contribution >= 4 is 28.4 Å². The highest BCUT2D eigenvalue weighted by Crippen LogP contribution is 2.43. The molecule has 3 aromatic rings. The van der Waals surface area contributed by atoms with E-state index in [1.807, 2.05) is 41.3 Å². The van der Waals surface area contributed by atoms with Crippen LogP contribution in [0.3, 0.4) is 0 Å². The number of aromatic nitrogens is 1. The third kappa shape index (κ3) is 2.70. The number of nitrogens with one attached hydrogen (secondary N) is 1.